The molecule has 9 heteroatoms. The Bertz CT molecular complexity index is 420. The molecule has 0 bridgehead atoms. The SMILES string of the molecule is CCCC[n+]1ccn(S)c1.O=S(=O)([O-])C(F)F. The van der Waals surface area contributed by atoms with Gasteiger partial charge in [-0.25, -0.2) is 13.0 Å². The van der Waals surface area contributed by atoms with E-state index in [9.17, 15) is 8.78 Å². The summed E-state index contributed by atoms with van der Waals surface area (Å²) in [5, 5.41) is 0. The minimum atomic E-state index is -5.32. The smallest absolute Gasteiger partial charge is 0.325 e. The van der Waals surface area contributed by atoms with Crippen molar-refractivity contribution in [1.82, 2.24) is 3.97 Å². The lowest BCUT2D eigenvalue weighted by molar-refractivity contribution is -0.696. The van der Waals surface area contributed by atoms with E-state index in [0.717, 1.165) is 6.54 Å². The van der Waals surface area contributed by atoms with Crippen LogP contribution in [0.15, 0.2) is 18.7 Å². The van der Waals surface area contributed by atoms with Gasteiger partial charge in [0.2, 0.25) is 0 Å². The Kier molecular flexibility index (Phi) is 7.32. The molecule has 1 aromatic rings. The number of hydrogen-bond donors (Lipinski definition) is 1. The van der Waals surface area contributed by atoms with Gasteiger partial charge in [0.25, 0.3) is 6.33 Å². The normalized spacial score (nSPS) is 11.2. The van der Waals surface area contributed by atoms with E-state index in [4.69, 9.17) is 13.0 Å². The van der Waals surface area contributed by atoms with Crippen LogP contribution >= 0.6 is 12.8 Å². The van der Waals surface area contributed by atoms with E-state index in [1.54, 1.807) is 3.97 Å². The Balaban J connectivity index is 0.000000325. The first-order chi connectivity index (χ1) is 7.77. The van der Waals surface area contributed by atoms with E-state index < -0.39 is 15.9 Å². The van der Waals surface area contributed by atoms with Crippen molar-refractivity contribution in [2.24, 2.45) is 0 Å². The number of hydrogen-bond acceptors (Lipinski definition) is 4. The molecular weight excluding hydrogens is 274 g/mol. The average molecular weight is 288 g/mol. The predicted octanol–water partition coefficient (Wildman–Crippen LogP) is 1.02. The van der Waals surface area contributed by atoms with Crippen LogP contribution in [0.1, 0.15) is 19.8 Å². The Morgan fingerprint density at radius 3 is 2.35 bits per heavy atom. The zero-order chi connectivity index (χ0) is 13.5. The van der Waals surface area contributed by atoms with Gasteiger partial charge in [-0.2, -0.15) is 12.8 Å². The van der Waals surface area contributed by atoms with Gasteiger partial charge >= 0.3 is 5.76 Å². The quantitative estimate of drug-likeness (QED) is 0.511. The van der Waals surface area contributed by atoms with Crippen LogP contribution in [0.2, 0.25) is 0 Å². The number of alkyl halides is 2. The highest BCUT2D eigenvalue weighted by Crippen LogP contribution is 1.98. The van der Waals surface area contributed by atoms with Gasteiger partial charge in [-0.15, -0.1) is 0 Å². The number of imidazole rings is 1. The lowest BCUT2D eigenvalue weighted by Crippen LogP contribution is -2.30. The minimum Gasteiger partial charge on any atom is -0.744 e. The molecule has 0 saturated carbocycles. The van der Waals surface area contributed by atoms with E-state index in [0.29, 0.717) is 0 Å². The Labute approximate surface area is 104 Å². The third-order valence-corrected chi connectivity index (χ3v) is 2.34. The number of aromatic nitrogens is 2. The van der Waals surface area contributed by atoms with Crippen LogP contribution in [0.5, 0.6) is 0 Å². The summed E-state index contributed by atoms with van der Waals surface area (Å²) in [6.07, 6.45) is 8.41. The summed E-state index contributed by atoms with van der Waals surface area (Å²) in [5.41, 5.74) is 0. The zero-order valence-electron chi connectivity index (χ0n) is 9.16. The Hall–Kier alpha value is -0.670. The topological polar surface area (TPSA) is 66.0 Å². The molecule has 1 aromatic heterocycles. The molecule has 0 spiro atoms. The highest BCUT2D eigenvalue weighted by molar-refractivity contribution is 7.86. The molecule has 0 atom stereocenters. The molecule has 0 radical (unpaired) electrons. The molecule has 0 aliphatic rings. The van der Waals surface area contributed by atoms with Gasteiger partial charge in [0, 0.05) is 12.8 Å². The third-order valence-electron chi connectivity index (χ3n) is 1.67. The second-order valence-corrected chi connectivity index (χ2v) is 4.94. The monoisotopic (exact) mass is 288 g/mol. The van der Waals surface area contributed by atoms with Crippen molar-refractivity contribution in [3.8, 4) is 0 Å². The summed E-state index contributed by atoms with van der Waals surface area (Å²) in [6, 6.07) is 0. The molecule has 1 heterocycles. The number of aryl methyl sites for hydroxylation is 1. The average Bonchev–Trinajstić information content (AvgIpc) is 2.60. The highest BCUT2D eigenvalue weighted by atomic mass is 32.2. The van der Waals surface area contributed by atoms with Crippen molar-refractivity contribution in [2.45, 2.75) is 32.1 Å². The van der Waals surface area contributed by atoms with Gasteiger partial charge in [-0.1, -0.05) is 13.3 Å². The second kappa shape index (κ2) is 7.62. The summed E-state index contributed by atoms with van der Waals surface area (Å²) in [7, 11) is -5.32. The number of halogens is 2. The molecule has 0 unspecified atom stereocenters. The molecule has 0 aromatic carbocycles. The van der Waals surface area contributed by atoms with Crippen molar-refractivity contribution in [3.05, 3.63) is 18.7 Å². The van der Waals surface area contributed by atoms with Crippen molar-refractivity contribution in [1.29, 1.82) is 0 Å². The maximum absolute atomic E-state index is 10.6. The van der Waals surface area contributed by atoms with Crippen LogP contribution in [0, 0.1) is 0 Å². The number of nitrogens with zero attached hydrogens (tertiary/aromatic N) is 2. The van der Waals surface area contributed by atoms with Crippen LogP contribution < -0.4 is 4.57 Å². The van der Waals surface area contributed by atoms with Crippen LogP contribution in [0.4, 0.5) is 8.78 Å². The fourth-order valence-corrected chi connectivity index (χ4v) is 1.05. The fraction of sp³-hybridized carbons (Fsp3) is 0.625. The van der Waals surface area contributed by atoms with E-state index >= 15 is 0 Å². The number of unbranched alkanes of at least 4 members (excludes halogenated alkanes) is 1. The molecule has 0 aliphatic heterocycles. The minimum absolute atomic E-state index is 1.10. The standard InChI is InChI=1S/C7H13N2S.CH2F2O3S/c1-2-3-4-8-5-6-9(10)7-8;2-1(3)7(4,5)6/h5-7,10H,2-4H2,1H3;1H,(H,4,5,6)/q+1;/p-1. The molecule has 0 N–H and O–H groups in total. The van der Waals surface area contributed by atoms with E-state index in [-0.39, 0.29) is 0 Å². The lowest BCUT2D eigenvalue weighted by Gasteiger charge is -2.01. The van der Waals surface area contributed by atoms with Crippen molar-refractivity contribution >= 4 is 22.9 Å². The lowest BCUT2D eigenvalue weighted by atomic mass is 10.3. The first-order valence-corrected chi connectivity index (χ1v) is 6.63. The maximum Gasteiger partial charge on any atom is 0.325 e. The molecule has 0 amide bonds. The highest BCUT2D eigenvalue weighted by Gasteiger charge is 2.08. The maximum atomic E-state index is 10.6. The summed E-state index contributed by atoms with van der Waals surface area (Å²) in [5.74, 6) is -3.78. The molecule has 0 saturated heterocycles. The molecule has 0 fully saturated rings. The molecule has 100 valence electrons. The van der Waals surface area contributed by atoms with Gasteiger partial charge in [0.1, 0.15) is 12.4 Å². The van der Waals surface area contributed by atoms with Crippen LogP contribution in [0.3, 0.4) is 0 Å². The number of thiol groups is 1. The first kappa shape index (κ1) is 16.3. The van der Waals surface area contributed by atoms with Crippen LogP contribution in [0.25, 0.3) is 0 Å². The molecule has 17 heavy (non-hydrogen) atoms. The third kappa shape index (κ3) is 8.11. The van der Waals surface area contributed by atoms with E-state index in [1.807, 2.05) is 18.7 Å². The molecule has 0 aliphatic carbocycles. The molecule has 1 rings (SSSR count). The number of rotatable bonds is 4. The van der Waals surface area contributed by atoms with Gasteiger partial charge in [-0.05, 0) is 6.42 Å². The van der Waals surface area contributed by atoms with Crippen molar-refractivity contribution in [2.75, 3.05) is 0 Å². The van der Waals surface area contributed by atoms with Gasteiger partial charge < -0.3 is 4.55 Å². The fourth-order valence-electron chi connectivity index (χ4n) is 0.856. The Morgan fingerprint density at radius 1 is 1.53 bits per heavy atom. The first-order valence-electron chi connectivity index (χ1n) is 4.76. The summed E-state index contributed by atoms with van der Waals surface area (Å²) >= 11 is 4.12. The van der Waals surface area contributed by atoms with Crippen molar-refractivity contribution < 1.29 is 26.3 Å². The van der Waals surface area contributed by atoms with Gasteiger partial charge in [0.05, 0.1) is 6.54 Å². The largest absolute Gasteiger partial charge is 0.744 e. The second-order valence-electron chi connectivity index (χ2n) is 3.14. The summed E-state index contributed by atoms with van der Waals surface area (Å²) in [4.78, 5) is 0. The van der Waals surface area contributed by atoms with Crippen LogP contribution in [-0.2, 0) is 16.7 Å². The van der Waals surface area contributed by atoms with Crippen LogP contribution in [-0.4, -0.2) is 22.7 Å². The van der Waals surface area contributed by atoms with Crippen molar-refractivity contribution in [3.63, 3.8) is 0 Å². The molecular formula is C8H14F2N2O3S2. The predicted molar refractivity (Wildman–Crippen MR) is 59.6 cm³/mol. The summed E-state index contributed by atoms with van der Waals surface area (Å²) < 4.78 is 52.3. The zero-order valence-corrected chi connectivity index (χ0v) is 10.9. The summed E-state index contributed by atoms with van der Waals surface area (Å²) in [6.45, 7) is 3.29. The molecule has 5 nitrogen and oxygen atoms in total. The van der Waals surface area contributed by atoms with Gasteiger partial charge in [-0.3, -0.25) is 0 Å². The van der Waals surface area contributed by atoms with Gasteiger partial charge in [0.15, 0.2) is 10.1 Å². The Morgan fingerprint density at radius 2 is 2.06 bits per heavy atom. The van der Waals surface area contributed by atoms with E-state index in [1.165, 1.54) is 12.8 Å². The van der Waals surface area contributed by atoms with E-state index in [2.05, 4.69) is 24.3 Å².